The molecule has 3 aliphatic carbocycles. The van der Waals surface area contributed by atoms with E-state index in [4.69, 9.17) is 0 Å². The molecule has 0 nitrogen and oxygen atoms in total. The quantitative estimate of drug-likeness (QED) is 0.480. The van der Waals surface area contributed by atoms with Crippen LogP contribution in [0.4, 0.5) is 0 Å². The van der Waals surface area contributed by atoms with Gasteiger partial charge in [-0.25, -0.2) is 0 Å². The van der Waals surface area contributed by atoms with Crippen molar-refractivity contribution in [2.24, 2.45) is 23.7 Å². The topological polar surface area (TPSA) is 0 Å². The Morgan fingerprint density at radius 3 is 2.60 bits per heavy atom. The third kappa shape index (κ3) is 0.627. The first kappa shape index (κ1) is 5.62. The van der Waals surface area contributed by atoms with E-state index in [2.05, 4.69) is 0 Å². The zero-order chi connectivity index (χ0) is 6.55. The molecule has 0 aromatic heterocycles. The van der Waals surface area contributed by atoms with Gasteiger partial charge in [0.05, 0.1) is 0 Å². The maximum atomic E-state index is 1.62. The van der Waals surface area contributed by atoms with E-state index in [9.17, 15) is 0 Å². The van der Waals surface area contributed by atoms with Crippen molar-refractivity contribution in [1.29, 1.82) is 0 Å². The van der Waals surface area contributed by atoms with Crippen LogP contribution >= 0.6 is 0 Å². The average Bonchev–Trinajstić information content (AvgIpc) is 2.58. The monoisotopic (exact) mass is 136 g/mol. The Morgan fingerprint density at radius 2 is 1.60 bits per heavy atom. The standard InChI is InChI=1S/C10H16/c1-2-7-4-5-9-8(3-1)10(9)6-7/h7-10H,1-6H2. The minimum atomic E-state index is 1.16. The molecule has 0 aromatic carbocycles. The molecule has 0 heteroatoms. The summed E-state index contributed by atoms with van der Waals surface area (Å²) in [5.74, 6) is 4.82. The zero-order valence-electron chi connectivity index (χ0n) is 6.55. The van der Waals surface area contributed by atoms with Crippen LogP contribution in [0.25, 0.3) is 0 Å². The van der Waals surface area contributed by atoms with Crippen LogP contribution in [-0.2, 0) is 0 Å². The molecule has 0 radical (unpaired) electrons. The third-order valence-electron chi connectivity index (χ3n) is 4.17. The van der Waals surface area contributed by atoms with Crippen molar-refractivity contribution in [2.75, 3.05) is 0 Å². The predicted molar refractivity (Wildman–Crippen MR) is 41.7 cm³/mol. The molecular formula is C10H16. The van der Waals surface area contributed by atoms with E-state index in [0.29, 0.717) is 0 Å². The summed E-state index contributed by atoms with van der Waals surface area (Å²) in [6.45, 7) is 0. The van der Waals surface area contributed by atoms with E-state index >= 15 is 0 Å². The smallest absolute Gasteiger partial charge is 0.0349 e. The molecule has 3 rings (SSSR count). The van der Waals surface area contributed by atoms with Gasteiger partial charge in [-0.05, 0) is 42.9 Å². The molecule has 0 N–H and O–H groups in total. The van der Waals surface area contributed by atoms with E-state index in [1.54, 1.807) is 38.5 Å². The van der Waals surface area contributed by atoms with Crippen LogP contribution in [-0.4, -0.2) is 0 Å². The molecule has 3 fully saturated rings. The van der Waals surface area contributed by atoms with E-state index in [1.165, 1.54) is 17.8 Å². The van der Waals surface area contributed by atoms with Crippen LogP contribution < -0.4 is 0 Å². The predicted octanol–water partition coefficient (Wildman–Crippen LogP) is 2.83. The number of fused-ring (bicyclic) bond motifs is 2. The van der Waals surface area contributed by atoms with E-state index in [-0.39, 0.29) is 0 Å². The largest absolute Gasteiger partial charge is 0.0528 e. The van der Waals surface area contributed by atoms with Gasteiger partial charge in [0.2, 0.25) is 0 Å². The molecule has 0 aliphatic heterocycles. The lowest BCUT2D eigenvalue weighted by molar-refractivity contribution is 0.318. The lowest BCUT2D eigenvalue weighted by Gasteiger charge is -2.20. The number of hydrogen-bond donors (Lipinski definition) is 0. The minimum Gasteiger partial charge on any atom is -0.0528 e. The fraction of sp³-hybridized carbons (Fsp3) is 1.00. The van der Waals surface area contributed by atoms with Crippen LogP contribution in [0.3, 0.4) is 0 Å². The van der Waals surface area contributed by atoms with E-state index in [0.717, 1.165) is 5.92 Å². The van der Waals surface area contributed by atoms with Crippen molar-refractivity contribution in [1.82, 2.24) is 0 Å². The molecule has 0 saturated heterocycles. The van der Waals surface area contributed by atoms with Gasteiger partial charge in [0.25, 0.3) is 0 Å². The van der Waals surface area contributed by atoms with Crippen LogP contribution in [0.15, 0.2) is 0 Å². The minimum absolute atomic E-state index is 1.16. The first-order chi connectivity index (χ1) is 4.95. The van der Waals surface area contributed by atoms with Gasteiger partial charge in [0, 0.05) is 0 Å². The highest BCUT2D eigenvalue weighted by molar-refractivity contribution is 5.02. The summed E-state index contributed by atoms with van der Waals surface area (Å²) in [6, 6.07) is 0. The molecule has 3 saturated carbocycles. The van der Waals surface area contributed by atoms with Crippen molar-refractivity contribution in [3.63, 3.8) is 0 Å². The highest BCUT2D eigenvalue weighted by Gasteiger charge is 2.53. The van der Waals surface area contributed by atoms with Gasteiger partial charge >= 0.3 is 0 Å². The Balaban J connectivity index is 1.85. The Hall–Kier alpha value is 0. The van der Waals surface area contributed by atoms with Gasteiger partial charge < -0.3 is 0 Å². The summed E-state index contributed by atoms with van der Waals surface area (Å²) in [5, 5.41) is 0. The average molecular weight is 136 g/mol. The molecule has 4 atom stereocenters. The maximum absolute atomic E-state index is 1.62. The Kier molecular flexibility index (Phi) is 1.00. The lowest BCUT2D eigenvalue weighted by atomic mass is 9.86. The first-order valence-electron chi connectivity index (χ1n) is 4.95. The summed E-state index contributed by atoms with van der Waals surface area (Å²) in [7, 11) is 0. The van der Waals surface area contributed by atoms with Crippen molar-refractivity contribution in [3.05, 3.63) is 0 Å². The molecule has 0 aromatic rings. The SMILES string of the molecule is C1CC2CCC3C(C1)C3C2. The van der Waals surface area contributed by atoms with Gasteiger partial charge in [-0.2, -0.15) is 0 Å². The fourth-order valence-electron chi connectivity index (χ4n) is 3.57. The molecule has 0 amide bonds. The third-order valence-corrected chi connectivity index (χ3v) is 4.17. The van der Waals surface area contributed by atoms with Crippen LogP contribution in [0.2, 0.25) is 0 Å². The number of rotatable bonds is 0. The van der Waals surface area contributed by atoms with Crippen LogP contribution in [0, 0.1) is 23.7 Å². The Labute approximate surface area is 63.0 Å². The van der Waals surface area contributed by atoms with Crippen LogP contribution in [0.5, 0.6) is 0 Å². The van der Waals surface area contributed by atoms with Crippen molar-refractivity contribution in [2.45, 2.75) is 38.5 Å². The molecule has 0 spiro atoms. The second-order valence-electron chi connectivity index (χ2n) is 4.60. The molecule has 56 valence electrons. The summed E-state index contributed by atoms with van der Waals surface area (Å²) in [5.41, 5.74) is 0. The summed E-state index contributed by atoms with van der Waals surface area (Å²) < 4.78 is 0. The summed E-state index contributed by atoms with van der Waals surface area (Å²) in [6.07, 6.45) is 9.51. The van der Waals surface area contributed by atoms with Crippen LogP contribution in [0.1, 0.15) is 38.5 Å². The summed E-state index contributed by atoms with van der Waals surface area (Å²) >= 11 is 0. The second-order valence-corrected chi connectivity index (χ2v) is 4.60. The van der Waals surface area contributed by atoms with Gasteiger partial charge in [0.15, 0.2) is 0 Å². The molecule has 10 heavy (non-hydrogen) atoms. The van der Waals surface area contributed by atoms with Crippen molar-refractivity contribution >= 4 is 0 Å². The van der Waals surface area contributed by atoms with E-state index in [1.807, 2.05) is 0 Å². The van der Waals surface area contributed by atoms with Crippen molar-refractivity contribution < 1.29 is 0 Å². The van der Waals surface area contributed by atoms with Gasteiger partial charge in [-0.1, -0.05) is 19.3 Å². The van der Waals surface area contributed by atoms with Gasteiger partial charge in [-0.15, -0.1) is 0 Å². The highest BCUT2D eigenvalue weighted by atomic mass is 14.6. The first-order valence-corrected chi connectivity index (χ1v) is 4.95. The highest BCUT2D eigenvalue weighted by Crippen LogP contribution is 2.61. The lowest BCUT2D eigenvalue weighted by Crippen LogP contribution is -2.07. The Morgan fingerprint density at radius 1 is 0.700 bits per heavy atom. The van der Waals surface area contributed by atoms with Crippen molar-refractivity contribution in [3.8, 4) is 0 Å². The molecule has 2 bridgehead atoms. The fourth-order valence-corrected chi connectivity index (χ4v) is 3.57. The van der Waals surface area contributed by atoms with E-state index < -0.39 is 0 Å². The van der Waals surface area contributed by atoms with Gasteiger partial charge in [0.1, 0.15) is 0 Å². The molecule has 3 aliphatic rings. The second kappa shape index (κ2) is 1.78. The maximum Gasteiger partial charge on any atom is -0.0349 e. The zero-order valence-corrected chi connectivity index (χ0v) is 6.55. The Bertz CT molecular complexity index is 142. The van der Waals surface area contributed by atoms with Gasteiger partial charge in [-0.3, -0.25) is 0 Å². The number of hydrogen-bond acceptors (Lipinski definition) is 0. The molecule has 4 unspecified atom stereocenters. The molecular weight excluding hydrogens is 120 g/mol. The summed E-state index contributed by atoms with van der Waals surface area (Å²) in [4.78, 5) is 0. The normalized spacial score (nSPS) is 57.6. The molecule has 0 heterocycles.